The van der Waals surface area contributed by atoms with Gasteiger partial charge in [-0.05, 0) is 0 Å². The van der Waals surface area contributed by atoms with Crippen molar-refractivity contribution in [3.8, 4) is 0 Å². The lowest BCUT2D eigenvalue weighted by Gasteiger charge is -2.04. The topological polar surface area (TPSA) is 13.1 Å². The van der Waals surface area contributed by atoms with Gasteiger partial charge in [0.05, 0.1) is 40.9 Å². The van der Waals surface area contributed by atoms with Gasteiger partial charge in [0.2, 0.25) is 0 Å². The Kier molecular flexibility index (Phi) is 3.92. The first-order valence-electron chi connectivity index (χ1n) is 5.06. The summed E-state index contributed by atoms with van der Waals surface area (Å²) in [5.74, 6) is 0. The molecule has 3 rings (SSSR count). The van der Waals surface area contributed by atoms with Crippen LogP contribution in [0.2, 0.25) is 35.2 Å². The van der Waals surface area contributed by atoms with E-state index >= 15 is 0 Å². The van der Waals surface area contributed by atoms with Crippen LogP contribution in [0.1, 0.15) is 0 Å². The van der Waals surface area contributed by atoms with Crippen molar-refractivity contribution in [1.29, 1.82) is 0 Å². The lowest BCUT2D eigenvalue weighted by molar-refractivity contribution is 0.669. The quantitative estimate of drug-likeness (QED) is 0.270. The number of rotatable bonds is 0. The van der Waals surface area contributed by atoms with Crippen molar-refractivity contribution in [2.45, 2.75) is 0 Å². The Morgan fingerprint density at radius 2 is 1.15 bits per heavy atom. The van der Waals surface area contributed by atoms with Crippen molar-refractivity contribution in [1.82, 2.24) is 0 Å². The van der Waals surface area contributed by atoms with Crippen LogP contribution in [-0.4, -0.2) is 0 Å². The van der Waals surface area contributed by atoms with Crippen molar-refractivity contribution < 1.29 is 4.42 Å². The molecule has 20 heavy (non-hydrogen) atoms. The highest BCUT2D eigenvalue weighted by Gasteiger charge is 2.24. The fourth-order valence-corrected chi connectivity index (χ4v) is 3.58. The largest absolute Gasteiger partial charge is 0.454 e. The Hall–Kier alpha value is 0.270. The van der Waals surface area contributed by atoms with Gasteiger partial charge in [0, 0.05) is 6.07 Å². The summed E-state index contributed by atoms with van der Waals surface area (Å²) in [7, 11) is 0. The molecule has 1 nitrogen and oxygen atoms in total. The van der Waals surface area contributed by atoms with Gasteiger partial charge in [0.25, 0.3) is 0 Å². The molecule has 0 aliphatic carbocycles. The predicted octanol–water partition coefficient (Wildman–Crippen LogP) is 8.16. The molecule has 0 bridgehead atoms. The minimum Gasteiger partial charge on any atom is -0.454 e. The Labute approximate surface area is 148 Å². The maximum Gasteiger partial charge on any atom is 0.157 e. The fraction of sp³-hybridized carbons (Fsp3) is 0. The average Bonchev–Trinajstić information content (AvgIpc) is 2.79. The van der Waals surface area contributed by atoms with Gasteiger partial charge < -0.3 is 4.42 Å². The van der Waals surface area contributed by atoms with Crippen molar-refractivity contribution in [2.24, 2.45) is 0 Å². The zero-order valence-electron chi connectivity index (χ0n) is 9.13. The molecule has 0 atom stereocenters. The molecule has 1 aromatic heterocycles. The standard InChI is InChI=1S/C12HCl7O/c13-2-1-3-4(7(15)6(2)14)5-8(16)9(17)10(18)11(19)12(5)20-3/h1H. The van der Waals surface area contributed by atoms with Crippen molar-refractivity contribution >= 4 is 103 Å². The van der Waals surface area contributed by atoms with Crippen LogP contribution in [0.5, 0.6) is 0 Å². The minimum absolute atomic E-state index is 0.109. The number of hydrogen-bond donors (Lipinski definition) is 0. The van der Waals surface area contributed by atoms with E-state index in [0.29, 0.717) is 16.4 Å². The van der Waals surface area contributed by atoms with Gasteiger partial charge in [-0.2, -0.15) is 0 Å². The van der Waals surface area contributed by atoms with Crippen molar-refractivity contribution in [2.75, 3.05) is 0 Å². The molecule has 0 aliphatic rings. The third-order valence-electron chi connectivity index (χ3n) is 2.81. The molecule has 104 valence electrons. The third-order valence-corrected chi connectivity index (χ3v) is 5.86. The number of halogens is 7. The van der Waals surface area contributed by atoms with Crippen LogP contribution in [-0.2, 0) is 0 Å². The van der Waals surface area contributed by atoms with E-state index in [9.17, 15) is 0 Å². The SMILES string of the molecule is Clc1cc2oc3c(Cl)c(Cl)c(Cl)c(Cl)c3c2c(Cl)c1Cl. The van der Waals surface area contributed by atoms with E-state index in [4.69, 9.17) is 85.6 Å². The average molecular weight is 409 g/mol. The second-order valence-corrected chi connectivity index (χ2v) is 6.60. The van der Waals surface area contributed by atoms with Gasteiger partial charge in [-0.1, -0.05) is 81.2 Å². The molecule has 0 saturated carbocycles. The smallest absolute Gasteiger partial charge is 0.157 e. The van der Waals surface area contributed by atoms with Gasteiger partial charge in [0.1, 0.15) is 10.6 Å². The molecule has 0 saturated heterocycles. The molecule has 3 aromatic rings. The first kappa shape index (κ1) is 15.2. The van der Waals surface area contributed by atoms with E-state index in [1.54, 1.807) is 0 Å². The van der Waals surface area contributed by atoms with Crippen LogP contribution < -0.4 is 0 Å². The van der Waals surface area contributed by atoms with Crippen LogP contribution in [0.3, 0.4) is 0 Å². The van der Waals surface area contributed by atoms with E-state index in [2.05, 4.69) is 0 Å². The second kappa shape index (κ2) is 5.17. The normalized spacial score (nSPS) is 11.8. The Balaban J connectivity index is 2.69. The predicted molar refractivity (Wildman–Crippen MR) is 88.8 cm³/mol. The molecule has 0 unspecified atom stereocenters. The van der Waals surface area contributed by atoms with Gasteiger partial charge >= 0.3 is 0 Å². The fourth-order valence-electron chi connectivity index (χ4n) is 1.93. The first-order chi connectivity index (χ1) is 9.34. The summed E-state index contributed by atoms with van der Waals surface area (Å²) in [4.78, 5) is 0. The van der Waals surface area contributed by atoms with Gasteiger partial charge in [-0.15, -0.1) is 0 Å². The highest BCUT2D eigenvalue weighted by atomic mass is 35.5. The van der Waals surface area contributed by atoms with E-state index in [0.717, 1.165) is 0 Å². The number of fused-ring (bicyclic) bond motifs is 3. The summed E-state index contributed by atoms with van der Waals surface area (Å²) in [6.07, 6.45) is 0. The maximum atomic E-state index is 6.22. The van der Waals surface area contributed by atoms with Gasteiger partial charge in [0.15, 0.2) is 5.58 Å². The Morgan fingerprint density at radius 3 is 1.80 bits per heavy atom. The molecular weight excluding hydrogens is 408 g/mol. The van der Waals surface area contributed by atoms with Crippen LogP contribution in [0.15, 0.2) is 10.5 Å². The molecule has 0 fully saturated rings. The van der Waals surface area contributed by atoms with Crippen molar-refractivity contribution in [3.63, 3.8) is 0 Å². The van der Waals surface area contributed by atoms with E-state index < -0.39 is 0 Å². The van der Waals surface area contributed by atoms with Crippen LogP contribution in [0.25, 0.3) is 21.9 Å². The lowest BCUT2D eigenvalue weighted by atomic mass is 10.1. The number of benzene rings is 2. The van der Waals surface area contributed by atoms with Gasteiger partial charge in [-0.3, -0.25) is 0 Å². The second-order valence-electron chi connectivity index (χ2n) is 3.92. The Bertz CT molecular complexity index is 881. The first-order valence-corrected chi connectivity index (χ1v) is 7.70. The van der Waals surface area contributed by atoms with Crippen LogP contribution in [0, 0.1) is 0 Å². The molecule has 0 radical (unpaired) electrons. The maximum absolute atomic E-state index is 6.22. The molecule has 8 heteroatoms. The molecule has 0 amide bonds. The summed E-state index contributed by atoms with van der Waals surface area (Å²) in [5.41, 5.74) is 0.669. The molecule has 0 spiro atoms. The summed E-state index contributed by atoms with van der Waals surface area (Å²) < 4.78 is 5.63. The number of furan rings is 1. The number of hydrogen-bond acceptors (Lipinski definition) is 1. The summed E-state index contributed by atoms with van der Waals surface area (Å²) in [6, 6.07) is 1.53. The summed E-state index contributed by atoms with van der Waals surface area (Å²) in [5, 5.41) is 2.17. The monoisotopic (exact) mass is 406 g/mol. The highest BCUT2D eigenvalue weighted by molar-refractivity contribution is 6.57. The molecular formula is C12HCl7O. The van der Waals surface area contributed by atoms with Crippen LogP contribution in [0.4, 0.5) is 0 Å². The molecule has 2 aromatic carbocycles. The van der Waals surface area contributed by atoms with E-state index in [1.165, 1.54) is 6.07 Å². The van der Waals surface area contributed by atoms with Crippen LogP contribution >= 0.6 is 81.2 Å². The molecule has 1 heterocycles. The van der Waals surface area contributed by atoms with E-state index in [-0.39, 0.29) is 40.7 Å². The van der Waals surface area contributed by atoms with Crippen molar-refractivity contribution in [3.05, 3.63) is 41.2 Å². The van der Waals surface area contributed by atoms with E-state index in [1.807, 2.05) is 0 Å². The molecule has 0 N–H and O–H groups in total. The minimum atomic E-state index is 0.109. The third kappa shape index (κ3) is 1.99. The summed E-state index contributed by atoms with van der Waals surface area (Å²) >= 11 is 42.6. The zero-order valence-corrected chi connectivity index (χ0v) is 14.4. The molecule has 0 aliphatic heterocycles. The lowest BCUT2D eigenvalue weighted by Crippen LogP contribution is -1.79. The van der Waals surface area contributed by atoms with Gasteiger partial charge in [-0.25, -0.2) is 0 Å². The zero-order chi connectivity index (χ0) is 14.8. The highest BCUT2D eigenvalue weighted by Crippen LogP contribution is 2.50. The Morgan fingerprint density at radius 1 is 0.600 bits per heavy atom. The summed E-state index contributed by atoms with van der Waals surface area (Å²) in [6.45, 7) is 0.